The summed E-state index contributed by atoms with van der Waals surface area (Å²) in [4.78, 5) is 9.25. The van der Waals surface area contributed by atoms with Crippen molar-refractivity contribution in [3.8, 4) is 0 Å². The first kappa shape index (κ1) is 13.9. The largest absolute Gasteiger partial charge is 0.369 e. The Labute approximate surface area is 126 Å². The van der Waals surface area contributed by atoms with E-state index in [0.717, 1.165) is 45.1 Å². The van der Waals surface area contributed by atoms with Crippen LogP contribution in [0.15, 0.2) is 54.7 Å². The van der Waals surface area contributed by atoms with E-state index in [1.165, 1.54) is 5.69 Å². The molecule has 1 aromatic heterocycles. The maximum atomic E-state index is 4.28. The van der Waals surface area contributed by atoms with E-state index in [1.54, 1.807) is 0 Å². The van der Waals surface area contributed by atoms with Crippen molar-refractivity contribution >= 4 is 11.5 Å². The molecule has 0 unspecified atom stereocenters. The normalized spacial score (nSPS) is 15.9. The molecule has 1 saturated heterocycles. The lowest BCUT2D eigenvalue weighted by atomic mass is 10.2. The van der Waals surface area contributed by atoms with Crippen molar-refractivity contribution in [1.82, 2.24) is 9.88 Å². The van der Waals surface area contributed by atoms with Crippen LogP contribution in [0.25, 0.3) is 0 Å². The molecule has 1 aliphatic rings. The van der Waals surface area contributed by atoms with Gasteiger partial charge in [0.15, 0.2) is 0 Å². The van der Waals surface area contributed by atoms with E-state index in [1.807, 2.05) is 24.4 Å². The molecular formula is C17H22N4. The summed E-state index contributed by atoms with van der Waals surface area (Å²) in [6.45, 7) is 6.47. The standard InChI is InChI=1S/C17H22N4/c1-2-6-16(7-3-1)21-14-12-20(13-15-21)11-10-19-17-8-4-5-9-18-17/h1-9H,10-15H2,(H,18,19). The molecule has 0 aliphatic carbocycles. The molecule has 2 aromatic rings. The molecule has 1 N–H and O–H groups in total. The van der Waals surface area contributed by atoms with Gasteiger partial charge in [-0.3, -0.25) is 4.90 Å². The van der Waals surface area contributed by atoms with Crippen LogP contribution in [0, 0.1) is 0 Å². The molecule has 4 heteroatoms. The van der Waals surface area contributed by atoms with Gasteiger partial charge >= 0.3 is 0 Å². The third-order valence-electron chi connectivity index (χ3n) is 3.89. The Balaban J connectivity index is 1.40. The quantitative estimate of drug-likeness (QED) is 0.912. The minimum Gasteiger partial charge on any atom is -0.369 e. The second-order valence-corrected chi connectivity index (χ2v) is 5.31. The minimum absolute atomic E-state index is 0.947. The number of aromatic nitrogens is 1. The Morgan fingerprint density at radius 3 is 2.38 bits per heavy atom. The summed E-state index contributed by atoms with van der Waals surface area (Å²) >= 11 is 0. The van der Waals surface area contributed by atoms with Crippen molar-refractivity contribution in [3.05, 3.63) is 54.7 Å². The summed E-state index contributed by atoms with van der Waals surface area (Å²) in [5, 5.41) is 3.37. The molecule has 4 nitrogen and oxygen atoms in total. The molecule has 0 atom stereocenters. The van der Waals surface area contributed by atoms with Crippen LogP contribution in [-0.4, -0.2) is 49.2 Å². The third-order valence-corrected chi connectivity index (χ3v) is 3.89. The van der Waals surface area contributed by atoms with Gasteiger partial charge in [-0.1, -0.05) is 24.3 Å². The molecule has 2 heterocycles. The van der Waals surface area contributed by atoms with Crippen LogP contribution in [-0.2, 0) is 0 Å². The van der Waals surface area contributed by atoms with Crippen molar-refractivity contribution in [2.45, 2.75) is 0 Å². The average Bonchev–Trinajstić information content (AvgIpc) is 2.57. The first-order chi connectivity index (χ1) is 10.4. The summed E-state index contributed by atoms with van der Waals surface area (Å²) in [5.74, 6) is 0.959. The molecule has 1 fully saturated rings. The molecule has 1 aromatic carbocycles. The number of rotatable bonds is 5. The van der Waals surface area contributed by atoms with E-state index in [9.17, 15) is 0 Å². The highest BCUT2D eigenvalue weighted by Crippen LogP contribution is 2.15. The van der Waals surface area contributed by atoms with Crippen LogP contribution in [0.1, 0.15) is 0 Å². The molecule has 0 spiro atoms. The summed E-state index contributed by atoms with van der Waals surface area (Å²) in [6, 6.07) is 16.6. The van der Waals surface area contributed by atoms with Crippen molar-refractivity contribution in [1.29, 1.82) is 0 Å². The van der Waals surface area contributed by atoms with E-state index in [4.69, 9.17) is 0 Å². The van der Waals surface area contributed by atoms with Crippen LogP contribution in [0.5, 0.6) is 0 Å². The number of anilines is 2. The Hall–Kier alpha value is -2.07. The fourth-order valence-corrected chi connectivity index (χ4v) is 2.68. The molecule has 3 rings (SSSR count). The number of piperazine rings is 1. The summed E-state index contributed by atoms with van der Waals surface area (Å²) in [7, 11) is 0. The van der Waals surface area contributed by atoms with E-state index in [0.29, 0.717) is 0 Å². The van der Waals surface area contributed by atoms with Gasteiger partial charge in [-0.05, 0) is 24.3 Å². The zero-order chi connectivity index (χ0) is 14.3. The van der Waals surface area contributed by atoms with Gasteiger partial charge in [-0.25, -0.2) is 4.98 Å². The highest BCUT2D eigenvalue weighted by molar-refractivity contribution is 5.46. The summed E-state index contributed by atoms with van der Waals surface area (Å²) in [6.07, 6.45) is 1.82. The maximum Gasteiger partial charge on any atom is 0.125 e. The molecule has 110 valence electrons. The van der Waals surface area contributed by atoms with Crippen molar-refractivity contribution in [2.75, 3.05) is 49.5 Å². The predicted molar refractivity (Wildman–Crippen MR) is 87.8 cm³/mol. The van der Waals surface area contributed by atoms with Crippen LogP contribution in [0.4, 0.5) is 11.5 Å². The SMILES string of the molecule is c1ccc(N2CCN(CCNc3ccccn3)CC2)cc1. The first-order valence-electron chi connectivity index (χ1n) is 7.59. The van der Waals surface area contributed by atoms with Crippen molar-refractivity contribution < 1.29 is 0 Å². The zero-order valence-electron chi connectivity index (χ0n) is 12.3. The molecule has 0 saturated carbocycles. The molecule has 21 heavy (non-hydrogen) atoms. The molecule has 0 radical (unpaired) electrons. The molecule has 0 amide bonds. The number of para-hydroxylation sites is 1. The molecule has 1 aliphatic heterocycles. The number of hydrogen-bond donors (Lipinski definition) is 1. The number of nitrogens with zero attached hydrogens (tertiary/aromatic N) is 3. The van der Waals surface area contributed by atoms with Crippen LogP contribution in [0.3, 0.4) is 0 Å². The van der Waals surface area contributed by atoms with Gasteiger partial charge in [0.05, 0.1) is 0 Å². The van der Waals surface area contributed by atoms with Gasteiger partial charge in [-0.15, -0.1) is 0 Å². The Bertz CT molecular complexity index is 518. The predicted octanol–water partition coefficient (Wildman–Crippen LogP) is 2.32. The van der Waals surface area contributed by atoms with Gasteiger partial charge < -0.3 is 10.2 Å². The number of hydrogen-bond acceptors (Lipinski definition) is 4. The Morgan fingerprint density at radius 1 is 0.905 bits per heavy atom. The highest BCUT2D eigenvalue weighted by atomic mass is 15.3. The topological polar surface area (TPSA) is 31.4 Å². The van der Waals surface area contributed by atoms with Gasteiger partial charge in [0.1, 0.15) is 5.82 Å². The summed E-state index contributed by atoms with van der Waals surface area (Å²) in [5.41, 5.74) is 1.34. The number of nitrogens with one attached hydrogen (secondary N) is 1. The van der Waals surface area contributed by atoms with E-state index < -0.39 is 0 Å². The lowest BCUT2D eigenvalue weighted by Gasteiger charge is -2.36. The molecular weight excluding hydrogens is 260 g/mol. The zero-order valence-corrected chi connectivity index (χ0v) is 12.3. The van der Waals surface area contributed by atoms with Crippen LogP contribution < -0.4 is 10.2 Å². The van der Waals surface area contributed by atoms with Gasteiger partial charge in [0.2, 0.25) is 0 Å². The monoisotopic (exact) mass is 282 g/mol. The second kappa shape index (κ2) is 7.09. The number of pyridine rings is 1. The van der Waals surface area contributed by atoms with Gasteiger partial charge in [0, 0.05) is 51.2 Å². The lowest BCUT2D eigenvalue weighted by molar-refractivity contribution is 0.267. The van der Waals surface area contributed by atoms with Gasteiger partial charge in [-0.2, -0.15) is 0 Å². The maximum absolute atomic E-state index is 4.28. The van der Waals surface area contributed by atoms with Crippen LogP contribution in [0.2, 0.25) is 0 Å². The average molecular weight is 282 g/mol. The first-order valence-corrected chi connectivity index (χ1v) is 7.59. The van der Waals surface area contributed by atoms with Gasteiger partial charge in [0.25, 0.3) is 0 Å². The van der Waals surface area contributed by atoms with Crippen molar-refractivity contribution in [2.24, 2.45) is 0 Å². The van der Waals surface area contributed by atoms with E-state index in [-0.39, 0.29) is 0 Å². The third kappa shape index (κ3) is 3.95. The lowest BCUT2D eigenvalue weighted by Crippen LogP contribution is -2.47. The fourth-order valence-electron chi connectivity index (χ4n) is 2.68. The smallest absolute Gasteiger partial charge is 0.125 e. The minimum atomic E-state index is 0.947. The summed E-state index contributed by atoms with van der Waals surface area (Å²) < 4.78 is 0. The Kier molecular flexibility index (Phi) is 4.69. The fraction of sp³-hybridized carbons (Fsp3) is 0.353. The van der Waals surface area contributed by atoms with Crippen molar-refractivity contribution in [3.63, 3.8) is 0 Å². The Morgan fingerprint density at radius 2 is 1.67 bits per heavy atom. The molecule has 0 bridgehead atoms. The van der Waals surface area contributed by atoms with E-state index >= 15 is 0 Å². The van der Waals surface area contributed by atoms with E-state index in [2.05, 4.69) is 50.4 Å². The number of benzene rings is 1. The highest BCUT2D eigenvalue weighted by Gasteiger charge is 2.16. The second-order valence-electron chi connectivity index (χ2n) is 5.31. The van der Waals surface area contributed by atoms with Crippen LogP contribution >= 0.6 is 0 Å².